The summed E-state index contributed by atoms with van der Waals surface area (Å²) in [5, 5.41) is 12.5. The number of aromatic nitrogens is 5. The van der Waals surface area contributed by atoms with Gasteiger partial charge in [0.15, 0.2) is 12.1 Å². The van der Waals surface area contributed by atoms with Gasteiger partial charge in [0.05, 0.1) is 28.1 Å². The van der Waals surface area contributed by atoms with Crippen molar-refractivity contribution in [3.05, 3.63) is 65.6 Å². The highest BCUT2D eigenvalue weighted by Gasteiger charge is 2.10. The van der Waals surface area contributed by atoms with Crippen molar-refractivity contribution >= 4 is 51.2 Å². The van der Waals surface area contributed by atoms with Crippen LogP contribution < -0.4 is 5.32 Å². The molecule has 0 atom stereocenters. The van der Waals surface area contributed by atoms with Crippen molar-refractivity contribution in [1.29, 1.82) is 0 Å². The second-order valence-corrected chi connectivity index (χ2v) is 6.67. The third kappa shape index (κ3) is 2.78. The molecule has 7 nitrogen and oxygen atoms in total. The number of aldehydes is 1. The predicted octanol–water partition coefficient (Wildman–Crippen LogP) is 4.71. The van der Waals surface area contributed by atoms with Gasteiger partial charge < -0.3 is 10.3 Å². The molecule has 0 spiro atoms. The number of fused-ring (bicyclic) bond motifs is 2. The van der Waals surface area contributed by atoms with Crippen LogP contribution in [0.5, 0.6) is 0 Å². The van der Waals surface area contributed by atoms with Gasteiger partial charge in [-0.3, -0.25) is 9.89 Å². The van der Waals surface area contributed by atoms with E-state index < -0.39 is 0 Å². The topological polar surface area (TPSA) is 99.3 Å². The van der Waals surface area contributed by atoms with E-state index in [1.807, 2.05) is 30.3 Å². The first kappa shape index (κ1) is 16.5. The highest BCUT2D eigenvalue weighted by molar-refractivity contribution is 6.38. The Balaban J connectivity index is 1.50. The Kier molecular flexibility index (Phi) is 3.80. The first-order valence-corrected chi connectivity index (χ1v) is 8.89. The molecule has 2 aromatic carbocycles. The van der Waals surface area contributed by atoms with Crippen molar-refractivity contribution in [1.82, 2.24) is 25.1 Å². The molecule has 136 valence electrons. The van der Waals surface area contributed by atoms with Crippen LogP contribution in [0.3, 0.4) is 0 Å². The van der Waals surface area contributed by atoms with Gasteiger partial charge in [-0.05, 0) is 30.3 Å². The zero-order chi connectivity index (χ0) is 19.1. The smallest absolute Gasteiger partial charge is 0.166 e. The Morgan fingerprint density at radius 3 is 2.89 bits per heavy atom. The second-order valence-electron chi connectivity index (χ2n) is 6.29. The maximum absolute atomic E-state index is 11.0. The zero-order valence-electron chi connectivity index (χ0n) is 14.4. The molecule has 0 fully saturated rings. The maximum atomic E-state index is 11.0. The van der Waals surface area contributed by atoms with Crippen LogP contribution in [0.4, 0.5) is 11.5 Å². The summed E-state index contributed by atoms with van der Waals surface area (Å²) < 4.78 is 0. The quantitative estimate of drug-likeness (QED) is 0.387. The third-order valence-corrected chi connectivity index (χ3v) is 4.91. The number of halogens is 1. The molecule has 0 saturated carbocycles. The highest BCUT2D eigenvalue weighted by Crippen LogP contribution is 2.32. The zero-order valence-corrected chi connectivity index (χ0v) is 15.2. The highest BCUT2D eigenvalue weighted by atomic mass is 35.5. The van der Waals surface area contributed by atoms with Gasteiger partial charge in [-0.15, -0.1) is 0 Å². The Hall–Kier alpha value is -3.71. The van der Waals surface area contributed by atoms with Gasteiger partial charge in [0.1, 0.15) is 5.82 Å². The van der Waals surface area contributed by atoms with Gasteiger partial charge in [-0.2, -0.15) is 5.10 Å². The summed E-state index contributed by atoms with van der Waals surface area (Å²) in [4.78, 5) is 23.0. The first-order chi connectivity index (χ1) is 13.7. The monoisotopic (exact) mass is 388 g/mol. The molecule has 0 bridgehead atoms. The number of benzene rings is 2. The molecule has 0 radical (unpaired) electrons. The lowest BCUT2D eigenvalue weighted by Gasteiger charge is -2.09. The number of carbonyl (C=O) groups excluding carboxylic acids is 1. The summed E-state index contributed by atoms with van der Waals surface area (Å²) in [6.45, 7) is 0. The van der Waals surface area contributed by atoms with Crippen molar-refractivity contribution in [3.63, 3.8) is 0 Å². The van der Waals surface area contributed by atoms with Gasteiger partial charge in [-0.1, -0.05) is 23.7 Å². The van der Waals surface area contributed by atoms with Crippen LogP contribution in [0.1, 0.15) is 10.5 Å². The Labute approximate surface area is 163 Å². The number of carbonyl (C=O) groups is 1. The van der Waals surface area contributed by atoms with E-state index in [2.05, 4.69) is 30.5 Å². The lowest BCUT2D eigenvalue weighted by molar-refractivity contribution is 0.112. The van der Waals surface area contributed by atoms with Gasteiger partial charge in [0.2, 0.25) is 0 Å². The normalized spacial score (nSPS) is 11.2. The Bertz CT molecular complexity index is 1340. The number of hydrogen-bond donors (Lipinski definition) is 3. The number of H-pyrrole nitrogens is 2. The first-order valence-electron chi connectivity index (χ1n) is 8.51. The SMILES string of the molecule is O=Cc1cc2ccc(-c3nccc(Nc4ccc5[nH]ncc5c4Cl)n3)cc2[nH]1. The fourth-order valence-electron chi connectivity index (χ4n) is 3.14. The van der Waals surface area contributed by atoms with E-state index in [9.17, 15) is 4.79 Å². The average molecular weight is 389 g/mol. The standard InChI is InChI=1S/C20H13ClN6O/c21-19-14-9-23-27-15(14)3-4-16(19)25-18-5-6-22-20(26-18)12-2-1-11-7-13(10-28)24-17(11)8-12/h1-10,24H,(H,23,27)(H,22,25,26). The van der Waals surface area contributed by atoms with Gasteiger partial charge in [0, 0.05) is 28.0 Å². The van der Waals surface area contributed by atoms with Crippen LogP contribution in [0.25, 0.3) is 33.2 Å². The maximum Gasteiger partial charge on any atom is 0.166 e. The van der Waals surface area contributed by atoms with E-state index >= 15 is 0 Å². The fraction of sp³-hybridized carbons (Fsp3) is 0. The van der Waals surface area contributed by atoms with E-state index in [4.69, 9.17) is 11.6 Å². The number of nitrogens with zero attached hydrogens (tertiary/aromatic N) is 3. The van der Waals surface area contributed by atoms with E-state index in [1.54, 1.807) is 24.5 Å². The number of aromatic amines is 2. The summed E-state index contributed by atoms with van der Waals surface area (Å²) >= 11 is 6.47. The molecule has 3 heterocycles. The molecule has 28 heavy (non-hydrogen) atoms. The summed E-state index contributed by atoms with van der Waals surface area (Å²) in [5.74, 6) is 1.18. The van der Waals surface area contributed by atoms with Crippen LogP contribution in [-0.4, -0.2) is 31.4 Å². The van der Waals surface area contributed by atoms with E-state index in [-0.39, 0.29) is 0 Å². The van der Waals surface area contributed by atoms with E-state index in [0.29, 0.717) is 22.4 Å². The molecule has 8 heteroatoms. The number of hydrogen-bond acceptors (Lipinski definition) is 5. The largest absolute Gasteiger partial charge is 0.352 e. The summed E-state index contributed by atoms with van der Waals surface area (Å²) in [6, 6.07) is 13.1. The molecule has 0 unspecified atom stereocenters. The molecule has 3 aromatic heterocycles. The Morgan fingerprint density at radius 1 is 1.07 bits per heavy atom. The molecule has 0 aliphatic rings. The van der Waals surface area contributed by atoms with Crippen molar-refractivity contribution < 1.29 is 4.79 Å². The van der Waals surface area contributed by atoms with Crippen LogP contribution in [0, 0.1) is 0 Å². The summed E-state index contributed by atoms with van der Waals surface area (Å²) in [7, 11) is 0. The number of rotatable bonds is 4. The molecule has 0 saturated heterocycles. The minimum atomic E-state index is 0.535. The fourth-order valence-corrected chi connectivity index (χ4v) is 3.40. The summed E-state index contributed by atoms with van der Waals surface area (Å²) in [5.41, 5.74) is 3.83. The molecule has 0 aliphatic carbocycles. The second kappa shape index (κ2) is 6.47. The average Bonchev–Trinajstić information content (AvgIpc) is 3.36. The lowest BCUT2D eigenvalue weighted by atomic mass is 10.1. The molecular weight excluding hydrogens is 376 g/mol. The minimum absolute atomic E-state index is 0.535. The minimum Gasteiger partial charge on any atom is -0.352 e. The number of nitrogens with one attached hydrogen (secondary N) is 3. The Morgan fingerprint density at radius 2 is 2.00 bits per heavy atom. The van der Waals surface area contributed by atoms with Crippen molar-refractivity contribution in [2.45, 2.75) is 0 Å². The third-order valence-electron chi connectivity index (χ3n) is 4.51. The van der Waals surface area contributed by atoms with E-state index in [0.717, 1.165) is 39.3 Å². The molecule has 0 amide bonds. The van der Waals surface area contributed by atoms with Gasteiger partial charge in [0.25, 0.3) is 0 Å². The van der Waals surface area contributed by atoms with Crippen LogP contribution in [0.15, 0.2) is 54.9 Å². The summed E-state index contributed by atoms with van der Waals surface area (Å²) in [6.07, 6.45) is 4.17. The van der Waals surface area contributed by atoms with E-state index in [1.165, 1.54) is 0 Å². The van der Waals surface area contributed by atoms with Crippen LogP contribution >= 0.6 is 11.6 Å². The molecule has 3 N–H and O–H groups in total. The number of anilines is 2. The predicted molar refractivity (Wildman–Crippen MR) is 109 cm³/mol. The van der Waals surface area contributed by atoms with Gasteiger partial charge in [-0.25, -0.2) is 9.97 Å². The van der Waals surface area contributed by atoms with Crippen molar-refractivity contribution in [2.24, 2.45) is 0 Å². The molecular formula is C20H13ClN6O. The van der Waals surface area contributed by atoms with Crippen LogP contribution in [0.2, 0.25) is 5.02 Å². The van der Waals surface area contributed by atoms with Crippen molar-refractivity contribution in [3.8, 4) is 11.4 Å². The van der Waals surface area contributed by atoms with Gasteiger partial charge >= 0.3 is 0 Å². The van der Waals surface area contributed by atoms with Crippen LogP contribution in [-0.2, 0) is 0 Å². The van der Waals surface area contributed by atoms with Crippen molar-refractivity contribution in [2.75, 3.05) is 5.32 Å². The molecule has 5 rings (SSSR count). The lowest BCUT2D eigenvalue weighted by Crippen LogP contribution is -1.97. The molecule has 5 aromatic rings. The molecule has 0 aliphatic heterocycles.